The van der Waals surface area contributed by atoms with E-state index in [-0.39, 0.29) is 5.95 Å². The minimum Gasteiger partial charge on any atom is -0.368 e. The van der Waals surface area contributed by atoms with Gasteiger partial charge in [-0.25, -0.2) is 9.97 Å². The number of rotatable bonds is 1. The van der Waals surface area contributed by atoms with Crippen LogP contribution < -0.4 is 5.73 Å². The molecule has 0 amide bonds. The Morgan fingerprint density at radius 2 is 1.73 bits per heavy atom. The summed E-state index contributed by atoms with van der Waals surface area (Å²) in [4.78, 5) is 7.79. The van der Waals surface area contributed by atoms with Crippen molar-refractivity contribution in [3.8, 4) is 11.1 Å². The van der Waals surface area contributed by atoms with Crippen LogP contribution in [0.4, 0.5) is 5.95 Å². The second kappa shape index (κ2) is 4.04. The summed E-state index contributed by atoms with van der Waals surface area (Å²) in [7, 11) is 0. The van der Waals surface area contributed by atoms with Crippen LogP contribution >= 0.6 is 23.2 Å². The average molecular weight is 240 g/mol. The molecule has 3 nitrogen and oxygen atoms in total. The number of halogens is 2. The van der Waals surface area contributed by atoms with Crippen molar-refractivity contribution in [1.29, 1.82) is 0 Å². The van der Waals surface area contributed by atoms with Crippen LogP contribution in [0.1, 0.15) is 0 Å². The molecule has 2 N–H and O–H groups in total. The van der Waals surface area contributed by atoms with Gasteiger partial charge in [0.25, 0.3) is 0 Å². The zero-order valence-electron chi connectivity index (χ0n) is 7.61. The summed E-state index contributed by atoms with van der Waals surface area (Å²) in [5, 5.41) is 1.16. The Morgan fingerprint density at radius 3 is 2.33 bits per heavy atom. The number of hydrogen-bond donors (Lipinski definition) is 1. The first kappa shape index (κ1) is 10.2. The second-order valence-corrected chi connectivity index (χ2v) is 3.80. The quantitative estimate of drug-likeness (QED) is 0.833. The van der Waals surface area contributed by atoms with Crippen LogP contribution in [0.15, 0.2) is 30.6 Å². The fourth-order valence-corrected chi connectivity index (χ4v) is 1.72. The monoisotopic (exact) mass is 239 g/mol. The van der Waals surface area contributed by atoms with Gasteiger partial charge in [0.2, 0.25) is 5.95 Å². The minimum atomic E-state index is 0.240. The van der Waals surface area contributed by atoms with E-state index in [0.29, 0.717) is 10.0 Å². The number of anilines is 1. The third-order valence-corrected chi connectivity index (χ3v) is 2.46. The first-order valence-electron chi connectivity index (χ1n) is 4.20. The molecule has 1 aromatic carbocycles. The van der Waals surface area contributed by atoms with Gasteiger partial charge in [0, 0.05) is 33.6 Å². The van der Waals surface area contributed by atoms with Crippen molar-refractivity contribution in [3.63, 3.8) is 0 Å². The van der Waals surface area contributed by atoms with Gasteiger partial charge in [0.05, 0.1) is 0 Å². The molecule has 1 aromatic heterocycles. The summed E-state index contributed by atoms with van der Waals surface area (Å²) < 4.78 is 0. The van der Waals surface area contributed by atoms with Crippen LogP contribution in [0.2, 0.25) is 10.0 Å². The van der Waals surface area contributed by atoms with Crippen LogP contribution in [-0.4, -0.2) is 9.97 Å². The fourth-order valence-electron chi connectivity index (χ4n) is 1.20. The molecule has 5 heteroatoms. The van der Waals surface area contributed by atoms with Gasteiger partial charge in [0.15, 0.2) is 0 Å². The van der Waals surface area contributed by atoms with E-state index in [1.54, 1.807) is 24.5 Å². The van der Waals surface area contributed by atoms with Crippen LogP contribution in [-0.2, 0) is 0 Å². The summed E-state index contributed by atoms with van der Waals surface area (Å²) in [6, 6.07) is 5.26. The highest BCUT2D eigenvalue weighted by atomic mass is 35.5. The number of nitrogens with two attached hydrogens (primary N) is 1. The standard InChI is InChI=1S/C10H7Cl2N3/c11-7-1-2-8(9(12)3-7)6-4-14-10(13)15-5-6/h1-5H,(H2,13,14,15). The largest absolute Gasteiger partial charge is 0.368 e. The molecular weight excluding hydrogens is 233 g/mol. The third-order valence-electron chi connectivity index (χ3n) is 1.91. The van der Waals surface area contributed by atoms with E-state index in [1.807, 2.05) is 6.07 Å². The third kappa shape index (κ3) is 2.19. The minimum absolute atomic E-state index is 0.240. The van der Waals surface area contributed by atoms with Crippen LogP contribution in [0.25, 0.3) is 11.1 Å². The summed E-state index contributed by atoms with van der Waals surface area (Å²) in [5.41, 5.74) is 7.04. The van der Waals surface area contributed by atoms with E-state index in [1.165, 1.54) is 0 Å². The number of hydrogen-bond acceptors (Lipinski definition) is 3. The molecule has 0 fully saturated rings. The fraction of sp³-hybridized carbons (Fsp3) is 0. The van der Waals surface area contributed by atoms with Crippen LogP contribution in [0, 0.1) is 0 Å². The van der Waals surface area contributed by atoms with Crippen molar-refractivity contribution in [3.05, 3.63) is 40.6 Å². The van der Waals surface area contributed by atoms with Crippen LogP contribution in [0.5, 0.6) is 0 Å². The molecular formula is C10H7Cl2N3. The number of nitrogens with zero attached hydrogens (tertiary/aromatic N) is 2. The van der Waals surface area contributed by atoms with Crippen molar-refractivity contribution in [2.24, 2.45) is 0 Å². The Kier molecular flexibility index (Phi) is 2.75. The second-order valence-electron chi connectivity index (χ2n) is 2.95. The Hall–Kier alpha value is -1.32. The van der Waals surface area contributed by atoms with Crippen molar-refractivity contribution >= 4 is 29.2 Å². The van der Waals surface area contributed by atoms with Gasteiger partial charge in [-0.1, -0.05) is 29.3 Å². The summed E-state index contributed by atoms with van der Waals surface area (Å²) >= 11 is 11.8. The molecule has 0 unspecified atom stereocenters. The van der Waals surface area contributed by atoms with E-state index in [9.17, 15) is 0 Å². The van der Waals surface area contributed by atoms with Gasteiger partial charge in [-0.2, -0.15) is 0 Å². The molecule has 0 bridgehead atoms. The maximum Gasteiger partial charge on any atom is 0.219 e. The van der Waals surface area contributed by atoms with Crippen molar-refractivity contribution in [1.82, 2.24) is 9.97 Å². The lowest BCUT2D eigenvalue weighted by atomic mass is 10.1. The van der Waals surface area contributed by atoms with Crippen molar-refractivity contribution < 1.29 is 0 Å². The molecule has 0 aliphatic carbocycles. The number of nitrogen functional groups attached to an aromatic ring is 1. The summed E-state index contributed by atoms with van der Waals surface area (Å²) in [6.07, 6.45) is 3.24. The molecule has 0 atom stereocenters. The highest BCUT2D eigenvalue weighted by Crippen LogP contribution is 2.29. The topological polar surface area (TPSA) is 51.8 Å². The highest BCUT2D eigenvalue weighted by Gasteiger charge is 2.04. The lowest BCUT2D eigenvalue weighted by Gasteiger charge is -2.03. The van der Waals surface area contributed by atoms with Crippen molar-refractivity contribution in [2.45, 2.75) is 0 Å². The Morgan fingerprint density at radius 1 is 1.07 bits per heavy atom. The Labute approximate surface area is 96.9 Å². The normalized spacial score (nSPS) is 10.3. The van der Waals surface area contributed by atoms with Gasteiger partial charge < -0.3 is 5.73 Å². The number of benzene rings is 1. The predicted molar refractivity (Wildman–Crippen MR) is 61.9 cm³/mol. The molecule has 0 aliphatic rings. The SMILES string of the molecule is Nc1ncc(-c2ccc(Cl)cc2Cl)cn1. The zero-order valence-corrected chi connectivity index (χ0v) is 9.13. The Bertz CT molecular complexity index is 483. The molecule has 0 radical (unpaired) electrons. The molecule has 0 saturated carbocycles. The predicted octanol–water partition coefficient (Wildman–Crippen LogP) is 3.03. The molecule has 15 heavy (non-hydrogen) atoms. The van der Waals surface area contributed by atoms with Gasteiger partial charge >= 0.3 is 0 Å². The zero-order chi connectivity index (χ0) is 10.8. The van der Waals surface area contributed by atoms with E-state index < -0.39 is 0 Å². The Balaban J connectivity index is 2.49. The maximum absolute atomic E-state index is 6.03. The van der Waals surface area contributed by atoms with E-state index in [0.717, 1.165) is 11.1 Å². The van der Waals surface area contributed by atoms with E-state index in [4.69, 9.17) is 28.9 Å². The highest BCUT2D eigenvalue weighted by molar-refractivity contribution is 6.36. The molecule has 2 rings (SSSR count). The first-order valence-corrected chi connectivity index (χ1v) is 4.95. The van der Waals surface area contributed by atoms with Gasteiger partial charge in [0.1, 0.15) is 0 Å². The van der Waals surface area contributed by atoms with Gasteiger partial charge in [-0.05, 0) is 12.1 Å². The van der Waals surface area contributed by atoms with Gasteiger partial charge in [-0.3, -0.25) is 0 Å². The van der Waals surface area contributed by atoms with Gasteiger partial charge in [-0.15, -0.1) is 0 Å². The molecule has 2 aromatic rings. The van der Waals surface area contributed by atoms with E-state index >= 15 is 0 Å². The lowest BCUT2D eigenvalue weighted by Crippen LogP contribution is -1.93. The molecule has 0 spiro atoms. The average Bonchev–Trinajstić information content (AvgIpc) is 2.20. The van der Waals surface area contributed by atoms with E-state index in [2.05, 4.69) is 9.97 Å². The maximum atomic E-state index is 6.03. The molecule has 0 saturated heterocycles. The summed E-state index contributed by atoms with van der Waals surface area (Å²) in [5.74, 6) is 0.240. The molecule has 1 heterocycles. The number of aromatic nitrogens is 2. The van der Waals surface area contributed by atoms with Crippen molar-refractivity contribution in [2.75, 3.05) is 5.73 Å². The lowest BCUT2D eigenvalue weighted by molar-refractivity contribution is 1.19. The first-order chi connectivity index (χ1) is 7.16. The smallest absolute Gasteiger partial charge is 0.219 e. The molecule has 76 valence electrons. The van der Waals surface area contributed by atoms with Crippen LogP contribution in [0.3, 0.4) is 0 Å². The summed E-state index contributed by atoms with van der Waals surface area (Å²) in [6.45, 7) is 0. The molecule has 0 aliphatic heterocycles.